The minimum atomic E-state index is -0.552. The van der Waals surface area contributed by atoms with Gasteiger partial charge in [0, 0.05) is 28.0 Å². The lowest BCUT2D eigenvalue weighted by molar-refractivity contribution is 0.669. The van der Waals surface area contributed by atoms with Gasteiger partial charge in [-0.05, 0) is 115 Å². The summed E-state index contributed by atoms with van der Waals surface area (Å²) >= 11 is 0. The third-order valence-electron chi connectivity index (χ3n) is 14.8. The SMILES string of the molecule is c1ccc(-c2cc(-c3ccccc3)cc(N3B4c5cccc6c5N(c5ccccc5C65c6ccccc6-c6ccccc65)c5c4c(cc4oc6ccccc6c54)-c4ccccc43)c2)cc1. The molecule has 10 aromatic carbocycles. The second kappa shape index (κ2) is 12.9. The van der Waals surface area contributed by atoms with Crippen LogP contribution in [0.25, 0.3) is 66.4 Å². The largest absolute Gasteiger partial charge is 0.456 e. The summed E-state index contributed by atoms with van der Waals surface area (Å²) in [5, 5.41) is 2.27. The maximum atomic E-state index is 6.94. The van der Waals surface area contributed by atoms with Crippen LogP contribution in [0.2, 0.25) is 0 Å². The summed E-state index contributed by atoms with van der Waals surface area (Å²) in [5.41, 5.74) is 24.7. The molecule has 0 unspecified atom stereocenters. The van der Waals surface area contributed by atoms with Crippen LogP contribution in [-0.4, -0.2) is 6.85 Å². The Bertz CT molecular complexity index is 3710. The molecule has 3 aliphatic heterocycles. The molecule has 0 amide bonds. The van der Waals surface area contributed by atoms with Crippen LogP contribution in [0.4, 0.5) is 28.4 Å². The van der Waals surface area contributed by atoms with E-state index in [0.717, 1.165) is 27.6 Å². The number of fused-ring (bicyclic) bond motifs is 17. The van der Waals surface area contributed by atoms with Gasteiger partial charge in [0.2, 0.25) is 0 Å². The highest BCUT2D eigenvalue weighted by atomic mass is 16.3. The van der Waals surface area contributed by atoms with Crippen LogP contribution in [0.15, 0.2) is 229 Å². The fourth-order valence-electron chi connectivity index (χ4n) is 12.4. The fourth-order valence-corrected chi connectivity index (χ4v) is 12.4. The van der Waals surface area contributed by atoms with E-state index in [1.165, 1.54) is 100 Å². The summed E-state index contributed by atoms with van der Waals surface area (Å²) in [7, 11) is 0. The number of furan rings is 1. The predicted octanol–water partition coefficient (Wildman–Crippen LogP) is 14.3. The molecule has 0 bridgehead atoms. The first-order valence-corrected chi connectivity index (χ1v) is 22.6. The highest BCUT2D eigenvalue weighted by Gasteiger charge is 2.56. The highest BCUT2D eigenvalue weighted by Crippen LogP contribution is 2.64. The van der Waals surface area contributed by atoms with Crippen molar-refractivity contribution in [3.8, 4) is 44.5 Å². The van der Waals surface area contributed by atoms with E-state index in [9.17, 15) is 0 Å². The predicted molar refractivity (Wildman–Crippen MR) is 269 cm³/mol. The zero-order chi connectivity index (χ0) is 42.4. The number of nitrogens with zero attached hydrogens (tertiary/aromatic N) is 2. The molecule has 1 aromatic heterocycles. The number of hydrogen-bond acceptors (Lipinski definition) is 3. The van der Waals surface area contributed by atoms with E-state index in [1.807, 2.05) is 0 Å². The number of anilines is 5. The third kappa shape index (κ3) is 4.50. The first-order chi connectivity index (χ1) is 32.3. The van der Waals surface area contributed by atoms with E-state index in [0.29, 0.717) is 0 Å². The van der Waals surface area contributed by atoms with Crippen molar-refractivity contribution in [2.24, 2.45) is 0 Å². The van der Waals surface area contributed by atoms with Crippen molar-refractivity contribution < 1.29 is 4.42 Å². The Labute approximate surface area is 377 Å². The minimum absolute atomic E-state index is 0.192. The standard InChI is InChI=1S/C61H37BN2O/c1-3-18-38(19-4-1)40-34-41(39-20-5-2-6-21-39)36-42(35-40)64-53-31-14-9-24-45(53)47-37-56-57(46-25-10-16-33-55(46)65-56)60-58(47)62(64)52-30-17-29-51-59(52)63(60)54-32-15-13-28-50(54)61(51)48-26-11-7-22-43(48)44-23-8-12-27-49(44)61/h1-37H. The van der Waals surface area contributed by atoms with Crippen molar-refractivity contribution in [1.29, 1.82) is 0 Å². The maximum Gasteiger partial charge on any atom is 0.333 e. The third-order valence-corrected chi connectivity index (χ3v) is 14.8. The van der Waals surface area contributed by atoms with Gasteiger partial charge in [-0.15, -0.1) is 0 Å². The summed E-state index contributed by atoms with van der Waals surface area (Å²) in [4.78, 5) is 5.29. The summed E-state index contributed by atoms with van der Waals surface area (Å²) in [6.45, 7) is -0.192. The van der Waals surface area contributed by atoms with Crippen molar-refractivity contribution in [2.45, 2.75) is 5.41 Å². The molecule has 300 valence electrons. The molecule has 65 heavy (non-hydrogen) atoms. The van der Waals surface area contributed by atoms with Crippen LogP contribution >= 0.6 is 0 Å². The Hall–Kier alpha value is -8.34. The molecular formula is C61H37BN2O. The Morgan fingerprint density at radius 3 is 1.66 bits per heavy atom. The highest BCUT2D eigenvalue weighted by molar-refractivity contribution is 6.94. The van der Waals surface area contributed by atoms with Crippen LogP contribution in [0, 0.1) is 0 Å². The number of hydrogen-bond donors (Lipinski definition) is 0. The monoisotopic (exact) mass is 824 g/mol. The van der Waals surface area contributed by atoms with Crippen LogP contribution in [-0.2, 0) is 5.41 Å². The molecule has 15 rings (SSSR count). The van der Waals surface area contributed by atoms with E-state index < -0.39 is 5.41 Å². The first kappa shape index (κ1) is 35.2. The molecule has 3 nitrogen and oxygen atoms in total. The summed E-state index contributed by atoms with van der Waals surface area (Å²) < 4.78 is 6.94. The van der Waals surface area contributed by atoms with Gasteiger partial charge in [0.25, 0.3) is 0 Å². The summed E-state index contributed by atoms with van der Waals surface area (Å²) in [6, 6.07) is 83.4. The number of rotatable bonds is 3. The second-order valence-corrected chi connectivity index (χ2v) is 17.9. The molecule has 0 atom stereocenters. The fraction of sp³-hybridized carbons (Fsp3) is 0.0164. The molecule has 0 saturated heterocycles. The van der Waals surface area contributed by atoms with Gasteiger partial charge in [-0.25, -0.2) is 0 Å². The first-order valence-electron chi connectivity index (χ1n) is 22.6. The van der Waals surface area contributed by atoms with E-state index in [2.05, 4.69) is 234 Å². The quantitative estimate of drug-likeness (QED) is 0.166. The summed E-state index contributed by atoms with van der Waals surface area (Å²) in [5.74, 6) is 0. The van der Waals surface area contributed by atoms with Gasteiger partial charge in [-0.3, -0.25) is 0 Å². The molecule has 1 spiro atoms. The zero-order valence-corrected chi connectivity index (χ0v) is 35.2. The van der Waals surface area contributed by atoms with Gasteiger partial charge in [-0.2, -0.15) is 0 Å². The number of benzene rings is 10. The second-order valence-electron chi connectivity index (χ2n) is 17.9. The molecule has 4 heteroatoms. The van der Waals surface area contributed by atoms with Crippen LogP contribution in [0.5, 0.6) is 0 Å². The van der Waals surface area contributed by atoms with Gasteiger partial charge < -0.3 is 14.1 Å². The van der Waals surface area contributed by atoms with Crippen LogP contribution in [0.3, 0.4) is 0 Å². The van der Waals surface area contributed by atoms with Crippen molar-refractivity contribution >= 4 is 68.1 Å². The molecule has 4 aliphatic rings. The Balaban J connectivity index is 1.12. The van der Waals surface area contributed by atoms with E-state index in [-0.39, 0.29) is 6.85 Å². The lowest BCUT2D eigenvalue weighted by Crippen LogP contribution is -2.62. The average molecular weight is 825 g/mol. The lowest BCUT2D eigenvalue weighted by Gasteiger charge is -2.51. The average Bonchev–Trinajstić information content (AvgIpc) is 3.90. The van der Waals surface area contributed by atoms with E-state index >= 15 is 0 Å². The lowest BCUT2D eigenvalue weighted by atomic mass is 9.42. The van der Waals surface area contributed by atoms with Crippen molar-refractivity contribution in [2.75, 3.05) is 9.71 Å². The molecule has 11 aromatic rings. The molecule has 0 fully saturated rings. The van der Waals surface area contributed by atoms with Gasteiger partial charge in [0.05, 0.1) is 22.2 Å². The minimum Gasteiger partial charge on any atom is -0.456 e. The van der Waals surface area contributed by atoms with Crippen molar-refractivity contribution in [3.63, 3.8) is 0 Å². The number of para-hydroxylation sites is 4. The normalized spacial score (nSPS) is 14.2. The Kier molecular flexibility index (Phi) is 6.96. The van der Waals surface area contributed by atoms with Crippen LogP contribution < -0.4 is 20.6 Å². The Morgan fingerprint density at radius 1 is 0.385 bits per heavy atom. The molecular weight excluding hydrogens is 787 g/mol. The van der Waals surface area contributed by atoms with Gasteiger partial charge >= 0.3 is 6.85 Å². The van der Waals surface area contributed by atoms with E-state index in [1.54, 1.807) is 0 Å². The topological polar surface area (TPSA) is 19.6 Å². The smallest absolute Gasteiger partial charge is 0.333 e. The van der Waals surface area contributed by atoms with Gasteiger partial charge in [0.1, 0.15) is 11.2 Å². The van der Waals surface area contributed by atoms with Crippen molar-refractivity contribution in [1.82, 2.24) is 0 Å². The van der Waals surface area contributed by atoms with Gasteiger partial charge in [-0.1, -0.05) is 182 Å². The molecule has 0 N–H and O–H groups in total. The van der Waals surface area contributed by atoms with Gasteiger partial charge in [0.15, 0.2) is 0 Å². The van der Waals surface area contributed by atoms with E-state index in [4.69, 9.17) is 4.42 Å². The van der Waals surface area contributed by atoms with Crippen molar-refractivity contribution in [3.05, 3.63) is 247 Å². The molecule has 1 aliphatic carbocycles. The zero-order valence-electron chi connectivity index (χ0n) is 35.2. The molecule has 0 radical (unpaired) electrons. The Morgan fingerprint density at radius 2 is 0.954 bits per heavy atom. The molecule has 0 saturated carbocycles. The maximum absolute atomic E-state index is 6.94. The summed E-state index contributed by atoms with van der Waals surface area (Å²) in [6.07, 6.45) is 0. The molecule has 4 heterocycles. The van der Waals surface area contributed by atoms with Crippen LogP contribution in [0.1, 0.15) is 22.3 Å².